The molecule has 0 fully saturated rings. The number of nitrogens with one attached hydrogen (secondary N) is 1. The van der Waals surface area contributed by atoms with Gasteiger partial charge in [-0.2, -0.15) is 0 Å². The minimum Gasteiger partial charge on any atom is -0.477 e. The molecule has 1 rings (SSSR count). The highest BCUT2D eigenvalue weighted by atomic mass is 16.4. The fraction of sp³-hybridized carbons (Fsp3) is 0.500. The smallest absolute Gasteiger partial charge is 0.354 e. The Balaban J connectivity index is 2.57. The Morgan fingerprint density at radius 1 is 1.40 bits per heavy atom. The molecule has 0 saturated heterocycles. The number of urea groups is 1. The van der Waals surface area contributed by atoms with E-state index in [1.54, 1.807) is 11.0 Å². The number of carbonyl (C=O) groups is 2. The van der Waals surface area contributed by atoms with E-state index in [0.29, 0.717) is 13.1 Å². The number of hydrogen-bond acceptors (Lipinski definition) is 3. The molecule has 0 bridgehead atoms. The number of carbonyl (C=O) groups excluding carboxylic acids is 1. The van der Waals surface area contributed by atoms with Gasteiger partial charge in [0.2, 0.25) is 0 Å². The number of aromatic carboxylic acids is 1. The van der Waals surface area contributed by atoms with Crippen molar-refractivity contribution >= 4 is 12.0 Å². The first-order chi connectivity index (χ1) is 9.49. The summed E-state index contributed by atoms with van der Waals surface area (Å²) in [5.41, 5.74) is 0.762. The van der Waals surface area contributed by atoms with Crippen LogP contribution in [0.2, 0.25) is 0 Å². The van der Waals surface area contributed by atoms with E-state index in [9.17, 15) is 9.59 Å². The summed E-state index contributed by atoms with van der Waals surface area (Å²) < 4.78 is 0. The second-order valence-electron chi connectivity index (χ2n) is 4.56. The molecule has 0 saturated carbocycles. The van der Waals surface area contributed by atoms with E-state index < -0.39 is 5.97 Å². The Morgan fingerprint density at radius 2 is 2.10 bits per heavy atom. The molecule has 6 nitrogen and oxygen atoms in total. The van der Waals surface area contributed by atoms with Crippen LogP contribution in [0.25, 0.3) is 0 Å². The highest BCUT2D eigenvalue weighted by Crippen LogP contribution is 2.05. The van der Waals surface area contributed by atoms with Crippen LogP contribution in [-0.4, -0.2) is 39.6 Å². The van der Waals surface area contributed by atoms with E-state index in [4.69, 9.17) is 5.11 Å². The van der Waals surface area contributed by atoms with Crippen LogP contribution in [0, 0.1) is 0 Å². The van der Waals surface area contributed by atoms with Crippen LogP contribution < -0.4 is 5.32 Å². The number of nitrogens with zero attached hydrogens (tertiary/aromatic N) is 2. The van der Waals surface area contributed by atoms with E-state index >= 15 is 0 Å². The molecule has 20 heavy (non-hydrogen) atoms. The molecule has 0 spiro atoms. The van der Waals surface area contributed by atoms with Crippen molar-refractivity contribution in [2.24, 2.45) is 0 Å². The minimum absolute atomic E-state index is 0.00475. The maximum atomic E-state index is 12.0. The molecule has 1 aromatic rings. The zero-order chi connectivity index (χ0) is 15.1. The molecular formula is C14H21N3O3. The van der Waals surface area contributed by atoms with Crippen molar-refractivity contribution in [1.29, 1.82) is 0 Å². The first-order valence-electron chi connectivity index (χ1n) is 6.72. The van der Waals surface area contributed by atoms with Crippen molar-refractivity contribution in [2.45, 2.75) is 39.8 Å². The number of aromatic nitrogens is 1. The quantitative estimate of drug-likeness (QED) is 0.835. The fourth-order valence-electron chi connectivity index (χ4n) is 1.81. The number of carboxylic acid groups (broad SMARTS) is 1. The van der Waals surface area contributed by atoms with Crippen molar-refractivity contribution in [3.05, 3.63) is 29.6 Å². The van der Waals surface area contributed by atoms with Gasteiger partial charge < -0.3 is 15.3 Å². The van der Waals surface area contributed by atoms with Crippen molar-refractivity contribution in [2.75, 3.05) is 6.54 Å². The predicted octanol–water partition coefficient (Wildman–Crippen LogP) is 2.11. The summed E-state index contributed by atoms with van der Waals surface area (Å²) in [5.74, 6) is -1.06. The Hall–Kier alpha value is -2.11. The minimum atomic E-state index is -1.06. The van der Waals surface area contributed by atoms with Crippen LogP contribution in [-0.2, 0) is 6.54 Å². The number of pyridine rings is 1. The lowest BCUT2D eigenvalue weighted by molar-refractivity contribution is 0.0690. The van der Waals surface area contributed by atoms with Gasteiger partial charge in [0, 0.05) is 25.3 Å². The second-order valence-corrected chi connectivity index (χ2v) is 4.56. The number of amides is 2. The third-order valence-corrected chi connectivity index (χ3v) is 3.21. The van der Waals surface area contributed by atoms with Gasteiger partial charge in [-0.15, -0.1) is 0 Å². The Bertz CT molecular complexity index is 459. The molecule has 0 aliphatic heterocycles. The molecule has 110 valence electrons. The third-order valence-electron chi connectivity index (χ3n) is 3.21. The predicted molar refractivity (Wildman–Crippen MR) is 75.6 cm³/mol. The van der Waals surface area contributed by atoms with Crippen molar-refractivity contribution in [1.82, 2.24) is 15.2 Å². The maximum Gasteiger partial charge on any atom is 0.354 e. The van der Waals surface area contributed by atoms with Gasteiger partial charge in [-0.1, -0.05) is 13.0 Å². The fourth-order valence-corrected chi connectivity index (χ4v) is 1.81. The summed E-state index contributed by atoms with van der Waals surface area (Å²) >= 11 is 0. The molecule has 0 aromatic carbocycles. The SMILES string of the molecule is CCC(C)N(CC)C(=O)NCc1ccc(C(=O)O)nc1. The van der Waals surface area contributed by atoms with Crippen LogP contribution in [0.5, 0.6) is 0 Å². The molecule has 1 atom stereocenters. The normalized spacial score (nSPS) is 11.8. The third kappa shape index (κ3) is 4.22. The Kier molecular flexibility index (Phi) is 5.96. The van der Waals surface area contributed by atoms with Gasteiger partial charge >= 0.3 is 12.0 Å². The van der Waals surface area contributed by atoms with Gasteiger partial charge in [0.15, 0.2) is 0 Å². The van der Waals surface area contributed by atoms with E-state index in [1.807, 2.05) is 20.8 Å². The Morgan fingerprint density at radius 3 is 2.55 bits per heavy atom. The van der Waals surface area contributed by atoms with Gasteiger partial charge in [0.25, 0.3) is 0 Å². The van der Waals surface area contributed by atoms with Crippen LogP contribution >= 0.6 is 0 Å². The molecule has 0 aliphatic carbocycles. The number of rotatable bonds is 6. The van der Waals surface area contributed by atoms with Gasteiger partial charge in [0.1, 0.15) is 5.69 Å². The average Bonchev–Trinajstić information content (AvgIpc) is 2.46. The molecule has 2 N–H and O–H groups in total. The molecule has 1 aromatic heterocycles. The van der Waals surface area contributed by atoms with E-state index in [0.717, 1.165) is 12.0 Å². The summed E-state index contributed by atoms with van der Waals surface area (Å²) in [6.07, 6.45) is 2.36. The maximum absolute atomic E-state index is 12.0. The molecule has 1 heterocycles. The molecular weight excluding hydrogens is 258 g/mol. The number of carboxylic acids is 1. The lowest BCUT2D eigenvalue weighted by atomic mass is 10.2. The van der Waals surface area contributed by atoms with Crippen LogP contribution in [0.4, 0.5) is 4.79 Å². The van der Waals surface area contributed by atoms with Crippen molar-refractivity contribution in [3.63, 3.8) is 0 Å². The lowest BCUT2D eigenvalue weighted by Crippen LogP contribution is -2.44. The first-order valence-corrected chi connectivity index (χ1v) is 6.72. The molecule has 0 radical (unpaired) electrons. The Labute approximate surface area is 118 Å². The highest BCUT2D eigenvalue weighted by Gasteiger charge is 2.16. The summed E-state index contributed by atoms with van der Waals surface area (Å²) in [4.78, 5) is 28.3. The van der Waals surface area contributed by atoms with Crippen molar-refractivity contribution < 1.29 is 14.7 Å². The van der Waals surface area contributed by atoms with Crippen LogP contribution in [0.3, 0.4) is 0 Å². The molecule has 2 amide bonds. The van der Waals surface area contributed by atoms with Gasteiger partial charge in [-0.25, -0.2) is 14.6 Å². The first kappa shape index (κ1) is 15.9. The molecule has 1 unspecified atom stereocenters. The van der Waals surface area contributed by atoms with E-state index in [2.05, 4.69) is 10.3 Å². The van der Waals surface area contributed by atoms with Gasteiger partial charge in [-0.3, -0.25) is 0 Å². The second kappa shape index (κ2) is 7.47. The average molecular weight is 279 g/mol. The number of hydrogen-bond donors (Lipinski definition) is 2. The van der Waals surface area contributed by atoms with E-state index in [1.165, 1.54) is 12.3 Å². The topological polar surface area (TPSA) is 82.5 Å². The van der Waals surface area contributed by atoms with Crippen molar-refractivity contribution in [3.8, 4) is 0 Å². The summed E-state index contributed by atoms with van der Waals surface area (Å²) in [5, 5.41) is 11.6. The van der Waals surface area contributed by atoms with Crippen LogP contribution in [0.1, 0.15) is 43.2 Å². The van der Waals surface area contributed by atoms with Crippen LogP contribution in [0.15, 0.2) is 18.3 Å². The molecule has 6 heteroatoms. The molecule has 0 aliphatic rings. The summed E-state index contributed by atoms with van der Waals surface area (Å²) in [7, 11) is 0. The standard InChI is InChI=1S/C14H21N3O3/c1-4-10(3)17(5-2)14(20)16-9-11-6-7-12(13(18)19)15-8-11/h6-8,10H,4-5,9H2,1-3H3,(H,16,20)(H,18,19). The monoisotopic (exact) mass is 279 g/mol. The largest absolute Gasteiger partial charge is 0.477 e. The van der Waals surface area contributed by atoms with Gasteiger partial charge in [0.05, 0.1) is 0 Å². The highest BCUT2D eigenvalue weighted by molar-refractivity contribution is 5.85. The summed E-state index contributed by atoms with van der Waals surface area (Å²) in [6.45, 7) is 6.96. The van der Waals surface area contributed by atoms with E-state index in [-0.39, 0.29) is 17.8 Å². The summed E-state index contributed by atoms with van der Waals surface area (Å²) in [6, 6.07) is 3.14. The van der Waals surface area contributed by atoms with Gasteiger partial charge in [-0.05, 0) is 31.9 Å². The zero-order valence-corrected chi connectivity index (χ0v) is 12.1. The lowest BCUT2D eigenvalue weighted by Gasteiger charge is -2.27. The zero-order valence-electron chi connectivity index (χ0n) is 12.1.